The van der Waals surface area contributed by atoms with Gasteiger partial charge >= 0.3 is 0 Å². The minimum absolute atomic E-state index is 0.529. The van der Waals surface area contributed by atoms with Crippen molar-refractivity contribution < 1.29 is 5.11 Å². The van der Waals surface area contributed by atoms with Gasteiger partial charge in [-0.3, -0.25) is 5.32 Å². The molecule has 2 heterocycles. The van der Waals surface area contributed by atoms with E-state index in [1.807, 2.05) is 23.6 Å². The van der Waals surface area contributed by atoms with E-state index in [2.05, 4.69) is 10.3 Å². The first-order chi connectivity index (χ1) is 6.52. The molecule has 0 amide bonds. The molecule has 1 aromatic rings. The topological polar surface area (TPSA) is 53.3 Å². The van der Waals surface area contributed by atoms with Crippen molar-refractivity contribution in [1.82, 2.24) is 14.9 Å². The molecule has 78 valence electrons. The Morgan fingerprint density at radius 3 is 3.00 bits per heavy atom. The van der Waals surface area contributed by atoms with E-state index in [-0.39, 0.29) is 0 Å². The Kier molecular flexibility index (Phi) is 2.01. The van der Waals surface area contributed by atoms with Gasteiger partial charge in [0.15, 0.2) is 0 Å². The minimum Gasteiger partial charge on any atom is -0.382 e. The number of nitrogens with one attached hydrogen (secondary N) is 1. The van der Waals surface area contributed by atoms with Crippen LogP contribution in [0.1, 0.15) is 12.6 Å². The fourth-order valence-corrected chi connectivity index (χ4v) is 1.88. The molecule has 2 rings (SSSR count). The fourth-order valence-electron chi connectivity index (χ4n) is 1.88. The molecule has 0 aromatic carbocycles. The third kappa shape index (κ3) is 1.29. The molecular formula is C9H16N4O. The first-order valence-electron chi connectivity index (χ1n) is 4.68. The number of hydrogen-bond donors (Lipinski definition) is 2. The molecule has 1 aliphatic heterocycles. The Morgan fingerprint density at radius 1 is 1.57 bits per heavy atom. The highest BCUT2D eigenvalue weighted by molar-refractivity contribution is 5.48. The number of β-amino-alcohol motifs (C(OH)–C–C–N with tert-alkyl or cyclic N) is 1. The van der Waals surface area contributed by atoms with Gasteiger partial charge < -0.3 is 14.6 Å². The smallest absolute Gasteiger partial charge is 0.135 e. The lowest BCUT2D eigenvalue weighted by Crippen LogP contribution is -2.36. The first-order valence-corrected chi connectivity index (χ1v) is 4.68. The van der Waals surface area contributed by atoms with Crippen LogP contribution in [0.25, 0.3) is 0 Å². The van der Waals surface area contributed by atoms with Crippen LogP contribution in [0.5, 0.6) is 0 Å². The van der Waals surface area contributed by atoms with Crippen molar-refractivity contribution in [3.8, 4) is 0 Å². The molecule has 0 fully saturated rings. The van der Waals surface area contributed by atoms with Gasteiger partial charge in [-0.05, 0) is 6.92 Å². The van der Waals surface area contributed by atoms with Gasteiger partial charge in [-0.25, -0.2) is 4.98 Å². The van der Waals surface area contributed by atoms with Crippen molar-refractivity contribution in [2.24, 2.45) is 7.05 Å². The van der Waals surface area contributed by atoms with Gasteiger partial charge in [-0.2, -0.15) is 0 Å². The second kappa shape index (κ2) is 2.96. The summed E-state index contributed by atoms with van der Waals surface area (Å²) in [6.45, 7) is 3.04. The number of fused-ring (bicyclic) bond motifs is 1. The largest absolute Gasteiger partial charge is 0.382 e. The summed E-state index contributed by atoms with van der Waals surface area (Å²) in [5, 5.41) is 13.3. The van der Waals surface area contributed by atoms with Crippen molar-refractivity contribution in [2.45, 2.75) is 12.5 Å². The van der Waals surface area contributed by atoms with Gasteiger partial charge in [0.1, 0.15) is 17.1 Å². The van der Waals surface area contributed by atoms with E-state index in [9.17, 15) is 5.11 Å². The average molecular weight is 196 g/mol. The summed E-state index contributed by atoms with van der Waals surface area (Å²) in [6, 6.07) is 0. The maximum atomic E-state index is 10.2. The van der Waals surface area contributed by atoms with Crippen LogP contribution >= 0.6 is 0 Å². The summed E-state index contributed by atoms with van der Waals surface area (Å²) in [5.41, 5.74) is -0.144. The van der Waals surface area contributed by atoms with Crippen molar-refractivity contribution in [2.75, 3.05) is 25.2 Å². The third-order valence-corrected chi connectivity index (χ3v) is 2.60. The van der Waals surface area contributed by atoms with E-state index in [4.69, 9.17) is 0 Å². The summed E-state index contributed by atoms with van der Waals surface area (Å²) in [5.74, 6) is 0.972. The van der Waals surface area contributed by atoms with Crippen LogP contribution in [0.2, 0.25) is 0 Å². The first kappa shape index (κ1) is 9.48. The van der Waals surface area contributed by atoms with Crippen LogP contribution in [0.15, 0.2) is 6.33 Å². The number of aromatic nitrogens is 2. The zero-order valence-electron chi connectivity index (χ0n) is 8.78. The lowest BCUT2D eigenvalue weighted by molar-refractivity contribution is 0.0563. The van der Waals surface area contributed by atoms with Crippen molar-refractivity contribution >= 4 is 5.82 Å². The zero-order valence-corrected chi connectivity index (χ0v) is 8.78. The summed E-state index contributed by atoms with van der Waals surface area (Å²) < 4.78 is 1.93. The summed E-state index contributed by atoms with van der Waals surface area (Å²) >= 11 is 0. The second-order valence-electron chi connectivity index (χ2n) is 4.08. The third-order valence-electron chi connectivity index (χ3n) is 2.60. The SMILES string of the molecule is CN1CNCC(C)(O)c2ncn(C)c21. The predicted octanol–water partition coefficient (Wildman–Crippen LogP) is -0.376. The Bertz CT molecular complexity index is 345. The Balaban J connectivity index is 2.55. The fraction of sp³-hybridized carbons (Fsp3) is 0.667. The normalized spacial score (nSPS) is 27.3. The van der Waals surface area contributed by atoms with E-state index in [0.29, 0.717) is 6.54 Å². The van der Waals surface area contributed by atoms with E-state index >= 15 is 0 Å². The Hall–Kier alpha value is -1.07. The number of imidazole rings is 1. The van der Waals surface area contributed by atoms with Gasteiger partial charge in [0, 0.05) is 20.6 Å². The van der Waals surface area contributed by atoms with Crippen LogP contribution in [0, 0.1) is 0 Å². The number of rotatable bonds is 0. The highest BCUT2D eigenvalue weighted by atomic mass is 16.3. The van der Waals surface area contributed by atoms with Crippen LogP contribution < -0.4 is 10.2 Å². The van der Waals surface area contributed by atoms with E-state index in [1.54, 1.807) is 13.3 Å². The summed E-state index contributed by atoms with van der Waals surface area (Å²) in [7, 11) is 3.92. The van der Waals surface area contributed by atoms with Gasteiger partial charge in [-0.1, -0.05) is 0 Å². The zero-order chi connectivity index (χ0) is 10.3. The standard InChI is InChI=1S/C9H16N4O/c1-9(14)4-10-5-12(2)8-7(9)11-6-13(8)3/h6,10,14H,4-5H2,1-3H3. The van der Waals surface area contributed by atoms with Gasteiger partial charge in [0.25, 0.3) is 0 Å². The molecule has 0 saturated carbocycles. The average Bonchev–Trinajstić information content (AvgIpc) is 2.42. The van der Waals surface area contributed by atoms with Crippen LogP contribution in [-0.4, -0.2) is 34.9 Å². The number of nitrogens with zero attached hydrogens (tertiary/aromatic N) is 3. The van der Waals surface area contributed by atoms with Crippen LogP contribution in [0.3, 0.4) is 0 Å². The van der Waals surface area contributed by atoms with E-state index < -0.39 is 5.60 Å². The van der Waals surface area contributed by atoms with Crippen molar-refractivity contribution in [1.29, 1.82) is 0 Å². The molecule has 0 spiro atoms. The molecule has 5 nitrogen and oxygen atoms in total. The molecule has 2 N–H and O–H groups in total. The lowest BCUT2D eigenvalue weighted by Gasteiger charge is -2.20. The number of aryl methyl sites for hydroxylation is 1. The second-order valence-corrected chi connectivity index (χ2v) is 4.08. The maximum absolute atomic E-state index is 10.2. The van der Waals surface area contributed by atoms with Gasteiger partial charge in [0.2, 0.25) is 0 Å². The highest BCUT2D eigenvalue weighted by Crippen LogP contribution is 2.29. The molecule has 14 heavy (non-hydrogen) atoms. The number of hydrogen-bond acceptors (Lipinski definition) is 4. The molecule has 0 aliphatic carbocycles. The predicted molar refractivity (Wildman–Crippen MR) is 54.1 cm³/mol. The monoisotopic (exact) mass is 196 g/mol. The molecule has 1 aliphatic rings. The van der Waals surface area contributed by atoms with Crippen LogP contribution in [-0.2, 0) is 12.6 Å². The quantitative estimate of drug-likeness (QED) is 0.594. The summed E-state index contributed by atoms with van der Waals surface area (Å²) in [4.78, 5) is 6.30. The molecule has 1 aromatic heterocycles. The molecule has 1 atom stereocenters. The molecule has 0 bridgehead atoms. The van der Waals surface area contributed by atoms with Crippen molar-refractivity contribution in [3.63, 3.8) is 0 Å². The van der Waals surface area contributed by atoms with E-state index in [0.717, 1.165) is 18.2 Å². The molecular weight excluding hydrogens is 180 g/mol. The molecule has 0 radical (unpaired) electrons. The molecule has 0 saturated heterocycles. The molecule has 1 unspecified atom stereocenters. The molecule has 5 heteroatoms. The summed E-state index contributed by atoms with van der Waals surface area (Å²) in [6.07, 6.45) is 1.74. The lowest BCUT2D eigenvalue weighted by atomic mass is 10.0. The van der Waals surface area contributed by atoms with Crippen molar-refractivity contribution in [3.05, 3.63) is 12.0 Å². The Labute approximate surface area is 83.4 Å². The van der Waals surface area contributed by atoms with Crippen LogP contribution in [0.4, 0.5) is 5.82 Å². The highest BCUT2D eigenvalue weighted by Gasteiger charge is 2.33. The number of anilines is 1. The number of aliphatic hydroxyl groups is 1. The van der Waals surface area contributed by atoms with E-state index in [1.165, 1.54) is 0 Å². The minimum atomic E-state index is -0.888. The van der Waals surface area contributed by atoms with Gasteiger partial charge in [-0.15, -0.1) is 0 Å². The maximum Gasteiger partial charge on any atom is 0.135 e. The Morgan fingerprint density at radius 2 is 2.29 bits per heavy atom. The van der Waals surface area contributed by atoms with Gasteiger partial charge in [0.05, 0.1) is 13.0 Å².